The van der Waals surface area contributed by atoms with Crippen molar-refractivity contribution < 1.29 is 27.5 Å². The molecule has 1 aromatic rings. The van der Waals surface area contributed by atoms with Gasteiger partial charge in [-0.2, -0.15) is 13.2 Å². The average Bonchev–Trinajstić information content (AvgIpc) is 2.38. The van der Waals surface area contributed by atoms with E-state index in [-0.39, 0.29) is 12.3 Å². The van der Waals surface area contributed by atoms with Gasteiger partial charge in [-0.25, -0.2) is 0 Å². The van der Waals surface area contributed by atoms with Gasteiger partial charge in [0.15, 0.2) is 0 Å². The van der Waals surface area contributed by atoms with Crippen molar-refractivity contribution in [3.05, 3.63) is 29.8 Å². The summed E-state index contributed by atoms with van der Waals surface area (Å²) in [7, 11) is 0. The van der Waals surface area contributed by atoms with Crippen molar-refractivity contribution >= 4 is 17.6 Å². The molecule has 1 amide bonds. The summed E-state index contributed by atoms with van der Waals surface area (Å²) in [4.78, 5) is 23.7. The van der Waals surface area contributed by atoms with Crippen LogP contribution in [-0.2, 0) is 20.5 Å². The van der Waals surface area contributed by atoms with E-state index in [2.05, 4.69) is 5.32 Å². The molecule has 1 rings (SSSR count). The van der Waals surface area contributed by atoms with E-state index in [9.17, 15) is 22.8 Å². The Morgan fingerprint density at radius 1 is 1.24 bits per heavy atom. The van der Waals surface area contributed by atoms with Gasteiger partial charge in [0.1, 0.15) is 5.41 Å². The first-order valence-electron chi connectivity index (χ1n) is 6.25. The number of carbonyl (C=O) groups excluding carboxylic acids is 2. The molecule has 0 aromatic heterocycles. The van der Waals surface area contributed by atoms with E-state index in [4.69, 9.17) is 4.74 Å². The normalized spacial score (nSPS) is 11.9. The second kappa shape index (κ2) is 6.15. The summed E-state index contributed by atoms with van der Waals surface area (Å²) in [6, 6.07) is 4.19. The Morgan fingerprint density at radius 2 is 1.86 bits per heavy atom. The molecule has 21 heavy (non-hydrogen) atoms. The number of rotatable bonds is 4. The molecular formula is C14H16F3NO3. The molecule has 0 radical (unpaired) electrons. The topological polar surface area (TPSA) is 55.4 Å². The molecule has 0 heterocycles. The summed E-state index contributed by atoms with van der Waals surface area (Å²) in [5.74, 6) is -1.48. The SMILES string of the molecule is CCOC(=O)C(C)(C)C(=O)Nc1cccc(C(F)(F)F)c1. The Balaban J connectivity index is 2.91. The number of hydrogen-bond acceptors (Lipinski definition) is 3. The Bertz CT molecular complexity index is 539. The zero-order valence-corrected chi connectivity index (χ0v) is 11.9. The third-order valence-electron chi connectivity index (χ3n) is 2.80. The molecule has 0 saturated heterocycles. The molecule has 0 atom stereocenters. The molecule has 0 fully saturated rings. The number of nitrogens with one attached hydrogen (secondary N) is 1. The lowest BCUT2D eigenvalue weighted by molar-refractivity contribution is -0.157. The van der Waals surface area contributed by atoms with Gasteiger partial charge in [0, 0.05) is 5.69 Å². The molecule has 1 N–H and O–H groups in total. The third kappa shape index (κ3) is 4.21. The molecule has 0 aliphatic heterocycles. The van der Waals surface area contributed by atoms with Crippen molar-refractivity contribution in [2.24, 2.45) is 5.41 Å². The third-order valence-corrected chi connectivity index (χ3v) is 2.80. The molecule has 0 aliphatic carbocycles. The fourth-order valence-electron chi connectivity index (χ4n) is 1.46. The van der Waals surface area contributed by atoms with Gasteiger partial charge >= 0.3 is 12.1 Å². The van der Waals surface area contributed by atoms with Crippen LogP contribution in [0.2, 0.25) is 0 Å². The van der Waals surface area contributed by atoms with Crippen LogP contribution in [0.25, 0.3) is 0 Å². The second-order valence-corrected chi connectivity index (χ2v) is 4.88. The standard InChI is InChI=1S/C14H16F3NO3/c1-4-21-12(20)13(2,3)11(19)18-10-7-5-6-9(8-10)14(15,16)17/h5-8H,4H2,1-3H3,(H,18,19). The maximum Gasteiger partial charge on any atom is 0.416 e. The van der Waals surface area contributed by atoms with E-state index in [1.807, 2.05) is 0 Å². The summed E-state index contributed by atoms with van der Waals surface area (Å²) in [5, 5.41) is 2.29. The number of hydrogen-bond donors (Lipinski definition) is 1. The second-order valence-electron chi connectivity index (χ2n) is 4.88. The molecule has 7 heteroatoms. The maximum absolute atomic E-state index is 12.6. The quantitative estimate of drug-likeness (QED) is 0.686. The molecule has 0 spiro atoms. The molecule has 0 saturated carbocycles. The summed E-state index contributed by atoms with van der Waals surface area (Å²) in [5.41, 5.74) is -2.41. The van der Waals surface area contributed by atoms with E-state index in [1.165, 1.54) is 26.0 Å². The van der Waals surface area contributed by atoms with E-state index in [0.717, 1.165) is 12.1 Å². The minimum atomic E-state index is -4.50. The van der Waals surface area contributed by atoms with Gasteiger partial charge in [-0.1, -0.05) is 6.07 Å². The van der Waals surface area contributed by atoms with Crippen LogP contribution in [0.15, 0.2) is 24.3 Å². The first-order valence-corrected chi connectivity index (χ1v) is 6.25. The highest BCUT2D eigenvalue weighted by Gasteiger charge is 2.38. The van der Waals surface area contributed by atoms with Crippen LogP contribution < -0.4 is 5.32 Å². The van der Waals surface area contributed by atoms with Crippen LogP contribution in [0.4, 0.5) is 18.9 Å². The number of halogens is 3. The number of benzene rings is 1. The lowest BCUT2D eigenvalue weighted by atomic mass is 9.92. The van der Waals surface area contributed by atoms with Crippen molar-refractivity contribution in [1.82, 2.24) is 0 Å². The van der Waals surface area contributed by atoms with Crippen molar-refractivity contribution in [3.63, 3.8) is 0 Å². The maximum atomic E-state index is 12.6. The van der Waals surface area contributed by atoms with Crippen LogP contribution >= 0.6 is 0 Å². The lowest BCUT2D eigenvalue weighted by Gasteiger charge is -2.21. The van der Waals surface area contributed by atoms with Gasteiger partial charge < -0.3 is 10.1 Å². The minimum Gasteiger partial charge on any atom is -0.465 e. The Hall–Kier alpha value is -2.05. The van der Waals surface area contributed by atoms with E-state index in [0.29, 0.717) is 0 Å². The molecule has 0 bridgehead atoms. The highest BCUT2D eigenvalue weighted by Crippen LogP contribution is 2.31. The van der Waals surface area contributed by atoms with E-state index in [1.54, 1.807) is 6.92 Å². The Labute approximate surface area is 120 Å². The fraction of sp³-hybridized carbons (Fsp3) is 0.429. The van der Waals surface area contributed by atoms with Crippen LogP contribution in [-0.4, -0.2) is 18.5 Å². The smallest absolute Gasteiger partial charge is 0.416 e. The molecule has 0 aliphatic rings. The lowest BCUT2D eigenvalue weighted by Crippen LogP contribution is -2.39. The number of carbonyl (C=O) groups is 2. The first kappa shape index (κ1) is 17.0. The minimum absolute atomic E-state index is 0.0350. The predicted octanol–water partition coefficient (Wildman–Crippen LogP) is 3.23. The zero-order chi connectivity index (χ0) is 16.3. The molecule has 4 nitrogen and oxygen atoms in total. The molecule has 116 valence electrons. The number of ether oxygens (including phenoxy) is 1. The number of amides is 1. The number of anilines is 1. The molecule has 0 unspecified atom stereocenters. The van der Waals surface area contributed by atoms with Crippen LogP contribution in [0.1, 0.15) is 26.3 Å². The highest BCUT2D eigenvalue weighted by molar-refractivity contribution is 6.08. The Morgan fingerprint density at radius 3 is 2.38 bits per heavy atom. The van der Waals surface area contributed by atoms with Crippen LogP contribution in [0.3, 0.4) is 0 Å². The summed E-state index contributed by atoms with van der Waals surface area (Å²) >= 11 is 0. The summed E-state index contributed by atoms with van der Waals surface area (Å²) in [6.45, 7) is 4.39. The highest BCUT2D eigenvalue weighted by atomic mass is 19.4. The summed E-state index contributed by atoms with van der Waals surface area (Å²) < 4.78 is 42.5. The van der Waals surface area contributed by atoms with Gasteiger partial charge in [-0.05, 0) is 39.0 Å². The van der Waals surface area contributed by atoms with Crippen molar-refractivity contribution in [1.29, 1.82) is 0 Å². The van der Waals surface area contributed by atoms with E-state index >= 15 is 0 Å². The van der Waals surface area contributed by atoms with Gasteiger partial charge in [0.05, 0.1) is 12.2 Å². The summed E-state index contributed by atoms with van der Waals surface area (Å²) in [6.07, 6.45) is -4.50. The van der Waals surface area contributed by atoms with Gasteiger partial charge in [-0.3, -0.25) is 9.59 Å². The van der Waals surface area contributed by atoms with Crippen molar-refractivity contribution in [3.8, 4) is 0 Å². The zero-order valence-electron chi connectivity index (χ0n) is 11.9. The van der Waals surface area contributed by atoms with Gasteiger partial charge in [-0.15, -0.1) is 0 Å². The molecular weight excluding hydrogens is 287 g/mol. The Kier molecular flexibility index (Phi) is 4.98. The van der Waals surface area contributed by atoms with Crippen molar-refractivity contribution in [2.45, 2.75) is 26.9 Å². The first-order chi connectivity index (χ1) is 9.59. The largest absolute Gasteiger partial charge is 0.465 e. The van der Waals surface area contributed by atoms with Gasteiger partial charge in [0.2, 0.25) is 5.91 Å². The predicted molar refractivity (Wildman–Crippen MR) is 70.5 cm³/mol. The number of alkyl halides is 3. The van der Waals surface area contributed by atoms with Crippen LogP contribution in [0, 0.1) is 5.41 Å². The monoisotopic (exact) mass is 303 g/mol. The number of esters is 1. The fourth-order valence-corrected chi connectivity index (χ4v) is 1.46. The molecule has 1 aromatic carbocycles. The van der Waals surface area contributed by atoms with Gasteiger partial charge in [0.25, 0.3) is 0 Å². The van der Waals surface area contributed by atoms with E-state index < -0.39 is 29.0 Å². The van der Waals surface area contributed by atoms with Crippen molar-refractivity contribution in [2.75, 3.05) is 11.9 Å². The average molecular weight is 303 g/mol. The van der Waals surface area contributed by atoms with Crippen LogP contribution in [0.5, 0.6) is 0 Å².